The zero-order chi connectivity index (χ0) is 23.3. The number of anilines is 1. The lowest BCUT2D eigenvalue weighted by Crippen LogP contribution is -2.32. The van der Waals surface area contributed by atoms with Crippen molar-refractivity contribution in [3.63, 3.8) is 0 Å². The second kappa shape index (κ2) is 9.54. The van der Waals surface area contributed by atoms with Crippen molar-refractivity contribution in [1.29, 1.82) is 5.41 Å². The number of nitrogens with zero attached hydrogens (tertiary/aromatic N) is 6. The number of hydrogen-bond donors (Lipinski definition) is 2. The van der Waals surface area contributed by atoms with Gasteiger partial charge in [0.2, 0.25) is 5.97 Å². The average Bonchev–Trinajstić information content (AvgIpc) is 2.77. The molecule has 0 saturated heterocycles. The van der Waals surface area contributed by atoms with Gasteiger partial charge in [-0.3, -0.25) is 15.4 Å². The van der Waals surface area contributed by atoms with Gasteiger partial charge in [-0.1, -0.05) is 6.08 Å². The van der Waals surface area contributed by atoms with E-state index in [1.807, 2.05) is 4.90 Å². The van der Waals surface area contributed by atoms with Crippen molar-refractivity contribution in [2.24, 2.45) is 15.7 Å². The summed E-state index contributed by atoms with van der Waals surface area (Å²) in [6.45, 7) is 4.25. The van der Waals surface area contributed by atoms with Crippen molar-refractivity contribution in [2.45, 2.75) is 12.6 Å². The van der Waals surface area contributed by atoms with E-state index in [9.17, 15) is 17.6 Å². The van der Waals surface area contributed by atoms with Crippen molar-refractivity contribution in [3.05, 3.63) is 59.6 Å². The van der Waals surface area contributed by atoms with Crippen LogP contribution in [0.25, 0.3) is 5.70 Å². The maximum Gasteiger partial charge on any atom is 0.434 e. The van der Waals surface area contributed by atoms with E-state index < -0.39 is 17.8 Å². The van der Waals surface area contributed by atoms with Crippen LogP contribution in [0.1, 0.15) is 12.2 Å². The lowest BCUT2D eigenvalue weighted by molar-refractivity contribution is -0.0934. The minimum atomic E-state index is -4.61. The normalized spacial score (nSPS) is 17.8. The van der Waals surface area contributed by atoms with E-state index in [1.165, 1.54) is 17.3 Å². The molecular weight excluding hydrogens is 428 g/mol. The molecule has 3 heterocycles. The summed E-state index contributed by atoms with van der Waals surface area (Å²) in [5.41, 5.74) is 5.14. The molecule has 12 heteroatoms. The fourth-order valence-corrected chi connectivity index (χ4v) is 3.23. The van der Waals surface area contributed by atoms with E-state index >= 15 is 0 Å². The van der Waals surface area contributed by atoms with Crippen LogP contribution in [0.5, 0.6) is 0 Å². The van der Waals surface area contributed by atoms with E-state index in [0.717, 1.165) is 18.6 Å². The monoisotopic (exact) mass is 448 g/mol. The second-order valence-corrected chi connectivity index (χ2v) is 6.75. The first kappa shape index (κ1) is 22.8. The molecule has 2 aliphatic heterocycles. The van der Waals surface area contributed by atoms with Crippen LogP contribution in [0, 0.1) is 5.41 Å². The molecule has 2 aliphatic rings. The largest absolute Gasteiger partial charge is 0.434 e. The fraction of sp³-hybridized carbons (Fsp3) is 0.250. The van der Waals surface area contributed by atoms with Crippen LogP contribution in [0.4, 0.5) is 23.4 Å². The molecule has 168 valence electrons. The second-order valence-electron chi connectivity index (χ2n) is 6.75. The predicted molar refractivity (Wildman–Crippen MR) is 115 cm³/mol. The molecule has 0 aliphatic carbocycles. The molecule has 0 aromatic carbocycles. The third kappa shape index (κ3) is 5.07. The Morgan fingerprint density at radius 2 is 2.12 bits per heavy atom. The molecule has 0 atom stereocenters. The predicted octanol–water partition coefficient (Wildman–Crippen LogP) is 3.19. The molecule has 32 heavy (non-hydrogen) atoms. The lowest BCUT2D eigenvalue weighted by Gasteiger charge is -2.29. The first-order valence-electron chi connectivity index (χ1n) is 9.43. The van der Waals surface area contributed by atoms with Crippen LogP contribution < -0.4 is 10.6 Å². The molecule has 8 nitrogen and oxygen atoms in total. The number of aromatic nitrogens is 2. The zero-order valence-corrected chi connectivity index (χ0v) is 16.8. The summed E-state index contributed by atoms with van der Waals surface area (Å²) >= 11 is 0. The van der Waals surface area contributed by atoms with E-state index in [-0.39, 0.29) is 30.2 Å². The van der Waals surface area contributed by atoms with Gasteiger partial charge >= 0.3 is 6.18 Å². The van der Waals surface area contributed by atoms with Crippen molar-refractivity contribution in [2.75, 3.05) is 24.5 Å². The Hall–Kier alpha value is -3.83. The summed E-state index contributed by atoms with van der Waals surface area (Å²) < 4.78 is 52.8. The Balaban J connectivity index is 1.90. The third-order valence-electron chi connectivity index (χ3n) is 4.69. The maximum absolute atomic E-state index is 13.5. The van der Waals surface area contributed by atoms with Crippen molar-refractivity contribution < 1.29 is 17.6 Å². The van der Waals surface area contributed by atoms with Crippen LogP contribution in [-0.4, -0.2) is 59.6 Å². The van der Waals surface area contributed by atoms with Gasteiger partial charge in [-0.2, -0.15) is 17.6 Å². The molecule has 0 amide bonds. The van der Waals surface area contributed by atoms with Crippen LogP contribution >= 0.6 is 0 Å². The average molecular weight is 448 g/mol. The van der Waals surface area contributed by atoms with Gasteiger partial charge in [0.15, 0.2) is 11.5 Å². The van der Waals surface area contributed by atoms with Gasteiger partial charge in [0.1, 0.15) is 11.5 Å². The van der Waals surface area contributed by atoms with Crippen LogP contribution in [-0.2, 0) is 0 Å². The van der Waals surface area contributed by atoms with E-state index in [0.29, 0.717) is 24.4 Å². The molecule has 0 saturated carbocycles. The fourth-order valence-electron chi connectivity index (χ4n) is 3.23. The van der Waals surface area contributed by atoms with Crippen molar-refractivity contribution in [1.82, 2.24) is 14.9 Å². The highest BCUT2D eigenvalue weighted by Crippen LogP contribution is 2.31. The molecule has 0 bridgehead atoms. The highest BCUT2D eigenvalue weighted by Gasteiger charge is 2.36. The van der Waals surface area contributed by atoms with Crippen molar-refractivity contribution >= 4 is 30.4 Å². The third-order valence-corrected chi connectivity index (χ3v) is 4.69. The van der Waals surface area contributed by atoms with E-state index in [1.54, 1.807) is 12.1 Å². The number of nitrogens with two attached hydrogens (primary N) is 1. The Morgan fingerprint density at radius 3 is 2.78 bits per heavy atom. The number of rotatable bonds is 6. The Morgan fingerprint density at radius 1 is 1.34 bits per heavy atom. The number of aliphatic imine (C=N–C) groups is 2. The number of alkyl halides is 3. The van der Waals surface area contributed by atoms with Gasteiger partial charge in [-0.05, 0) is 24.8 Å². The number of halogens is 4. The smallest absolute Gasteiger partial charge is 0.404 e. The topological polar surface area (TPSA) is 107 Å². The highest BCUT2D eigenvalue weighted by molar-refractivity contribution is 5.95. The van der Waals surface area contributed by atoms with Gasteiger partial charge in [-0.25, -0.2) is 9.97 Å². The van der Waals surface area contributed by atoms with Gasteiger partial charge in [0.25, 0.3) is 0 Å². The Labute approximate surface area is 181 Å². The van der Waals surface area contributed by atoms with E-state index in [4.69, 9.17) is 11.1 Å². The molecular formula is C20H20F4N8. The minimum absolute atomic E-state index is 0.00200. The first-order chi connectivity index (χ1) is 15.2. The Kier molecular flexibility index (Phi) is 6.81. The molecule has 0 unspecified atom stereocenters. The molecule has 3 N–H and O–H groups in total. The maximum atomic E-state index is 13.5. The minimum Gasteiger partial charge on any atom is -0.404 e. The SMILES string of the molecule is C=N/C=C(/c1nccc(N2CCC=C(/C(=C/N)C(=N)F)C2)n1)N1C=C(C(F)(F)F)N=CC1. The summed E-state index contributed by atoms with van der Waals surface area (Å²) in [6.07, 6.45) is 3.53. The summed E-state index contributed by atoms with van der Waals surface area (Å²) in [7, 11) is 0. The zero-order valence-electron chi connectivity index (χ0n) is 16.8. The summed E-state index contributed by atoms with van der Waals surface area (Å²) in [6, 6.07) is 1.63. The standard InChI is InChI=1S/C20H20F4N8/c1-27-10-15(31-8-6-28-16(12-31)20(22,23)24)19-29-5-4-17(30-19)32-7-2-3-13(11-32)14(9-25)18(21)26/h3-6,9-10,12,26H,1-2,7-8,11,25H2/b14-9-,15-10-,26-18?. The van der Waals surface area contributed by atoms with Crippen LogP contribution in [0.2, 0.25) is 0 Å². The summed E-state index contributed by atoms with van der Waals surface area (Å²) in [4.78, 5) is 18.9. The summed E-state index contributed by atoms with van der Waals surface area (Å²) in [5, 5.41) is 7.24. The first-order valence-corrected chi connectivity index (χ1v) is 9.43. The van der Waals surface area contributed by atoms with Gasteiger partial charge in [0, 0.05) is 43.5 Å². The van der Waals surface area contributed by atoms with Crippen LogP contribution in [0.15, 0.2) is 63.8 Å². The number of nitrogens with one attached hydrogen (secondary N) is 1. The molecule has 1 aromatic heterocycles. The molecule has 3 rings (SSSR count). The molecule has 0 spiro atoms. The number of allylic oxidation sites excluding steroid dienone is 1. The van der Waals surface area contributed by atoms with Crippen molar-refractivity contribution in [3.8, 4) is 0 Å². The van der Waals surface area contributed by atoms with Crippen LogP contribution in [0.3, 0.4) is 0 Å². The van der Waals surface area contributed by atoms with Gasteiger partial charge in [0.05, 0.1) is 12.7 Å². The molecule has 0 radical (unpaired) electrons. The quantitative estimate of drug-likeness (QED) is 0.514. The molecule has 0 fully saturated rings. The molecule has 1 aromatic rings. The van der Waals surface area contributed by atoms with E-state index in [2.05, 4.69) is 26.7 Å². The lowest BCUT2D eigenvalue weighted by atomic mass is 10.0. The highest BCUT2D eigenvalue weighted by atomic mass is 19.4. The summed E-state index contributed by atoms with van der Waals surface area (Å²) in [5.74, 6) is -0.528. The number of hydrogen-bond acceptors (Lipinski definition) is 8. The van der Waals surface area contributed by atoms with Gasteiger partial charge < -0.3 is 15.5 Å². The van der Waals surface area contributed by atoms with Gasteiger partial charge in [-0.15, -0.1) is 0 Å². The Bertz CT molecular complexity index is 1050.